The summed E-state index contributed by atoms with van der Waals surface area (Å²) in [6.45, 7) is 5.81. The number of esters is 1. The predicted octanol–water partition coefficient (Wildman–Crippen LogP) is 4.77. The molecule has 2 heterocycles. The summed E-state index contributed by atoms with van der Waals surface area (Å²) in [7, 11) is 0. The topological polar surface area (TPSA) is 69.4 Å². The van der Waals surface area contributed by atoms with Gasteiger partial charge in [0.05, 0.1) is 33.7 Å². The molecule has 3 aromatic rings. The molecule has 0 amide bonds. The van der Waals surface area contributed by atoms with Gasteiger partial charge in [-0.3, -0.25) is 4.79 Å². The number of rotatable bonds is 3. The molecule has 0 radical (unpaired) electrons. The van der Waals surface area contributed by atoms with Crippen LogP contribution in [-0.4, -0.2) is 17.6 Å². The Kier molecular flexibility index (Phi) is 4.71. The van der Waals surface area contributed by atoms with E-state index in [4.69, 9.17) is 32.4 Å². The van der Waals surface area contributed by atoms with Gasteiger partial charge in [-0.2, -0.15) is 0 Å². The first-order chi connectivity index (χ1) is 11.8. The van der Waals surface area contributed by atoms with Gasteiger partial charge in [0, 0.05) is 5.02 Å². The summed E-state index contributed by atoms with van der Waals surface area (Å²) in [6, 6.07) is 4.41. The number of hydrogen-bond acceptors (Lipinski definition) is 5. The van der Waals surface area contributed by atoms with Crippen molar-refractivity contribution in [2.75, 3.05) is 6.61 Å². The fraction of sp³-hybridized carbons (Fsp3) is 0.278. The standard InChI is InChI=1S/C18H15Cl2NO4/c1-8(2)7-24-18(23)11-6-13-15(22)12-4-10(19)5-14(20)16(12)25-17(13)21-9(11)3/h4-6,8H,7H2,1-3H3. The Morgan fingerprint density at radius 3 is 2.64 bits per heavy atom. The molecule has 0 aliphatic carbocycles. The Balaban J connectivity index is 2.23. The summed E-state index contributed by atoms with van der Waals surface area (Å²) >= 11 is 12.1. The first kappa shape index (κ1) is 17.7. The lowest BCUT2D eigenvalue weighted by Crippen LogP contribution is -2.13. The average molecular weight is 380 g/mol. The first-order valence-electron chi connectivity index (χ1n) is 7.68. The molecule has 5 nitrogen and oxygen atoms in total. The highest BCUT2D eigenvalue weighted by molar-refractivity contribution is 6.38. The zero-order valence-corrected chi connectivity index (χ0v) is 15.4. The number of benzene rings is 1. The van der Waals surface area contributed by atoms with Crippen LogP contribution in [0.3, 0.4) is 0 Å². The Labute approximate surface area is 153 Å². The Morgan fingerprint density at radius 1 is 1.24 bits per heavy atom. The number of hydrogen-bond donors (Lipinski definition) is 0. The molecule has 0 aliphatic rings. The number of nitrogens with zero attached hydrogens (tertiary/aromatic N) is 1. The van der Waals surface area contributed by atoms with Crippen LogP contribution in [0.5, 0.6) is 0 Å². The fourth-order valence-electron chi connectivity index (χ4n) is 2.43. The van der Waals surface area contributed by atoms with Crippen molar-refractivity contribution < 1.29 is 13.9 Å². The van der Waals surface area contributed by atoms with Gasteiger partial charge in [-0.05, 0) is 31.0 Å². The number of pyridine rings is 1. The van der Waals surface area contributed by atoms with Crippen LogP contribution in [0, 0.1) is 12.8 Å². The number of halogens is 2. The Morgan fingerprint density at radius 2 is 1.96 bits per heavy atom. The van der Waals surface area contributed by atoms with Gasteiger partial charge in [0.1, 0.15) is 0 Å². The molecule has 0 bridgehead atoms. The van der Waals surface area contributed by atoms with Crippen molar-refractivity contribution in [2.24, 2.45) is 5.92 Å². The summed E-state index contributed by atoms with van der Waals surface area (Å²) in [5.41, 5.74) is 0.609. The summed E-state index contributed by atoms with van der Waals surface area (Å²) < 4.78 is 10.9. The van der Waals surface area contributed by atoms with Gasteiger partial charge >= 0.3 is 5.97 Å². The minimum absolute atomic E-state index is 0.111. The van der Waals surface area contributed by atoms with E-state index in [2.05, 4.69) is 4.98 Å². The molecule has 7 heteroatoms. The highest BCUT2D eigenvalue weighted by Crippen LogP contribution is 2.28. The van der Waals surface area contributed by atoms with Crippen molar-refractivity contribution in [1.82, 2.24) is 4.98 Å². The molecule has 2 aromatic heterocycles. The third kappa shape index (κ3) is 3.34. The average Bonchev–Trinajstić information content (AvgIpc) is 2.53. The molecule has 0 unspecified atom stereocenters. The van der Waals surface area contributed by atoms with Gasteiger partial charge in [-0.25, -0.2) is 9.78 Å². The molecule has 25 heavy (non-hydrogen) atoms. The predicted molar refractivity (Wildman–Crippen MR) is 97.7 cm³/mol. The highest BCUT2D eigenvalue weighted by Gasteiger charge is 2.18. The summed E-state index contributed by atoms with van der Waals surface area (Å²) in [5.74, 6) is -0.319. The van der Waals surface area contributed by atoms with E-state index < -0.39 is 5.97 Å². The third-order valence-corrected chi connectivity index (χ3v) is 4.14. The van der Waals surface area contributed by atoms with E-state index in [1.165, 1.54) is 18.2 Å². The van der Waals surface area contributed by atoms with E-state index in [1.54, 1.807) is 6.92 Å². The Bertz CT molecular complexity index is 1060. The van der Waals surface area contributed by atoms with Crippen molar-refractivity contribution in [1.29, 1.82) is 0 Å². The van der Waals surface area contributed by atoms with Crippen molar-refractivity contribution in [3.05, 3.63) is 49.7 Å². The lowest BCUT2D eigenvalue weighted by atomic mass is 10.1. The lowest BCUT2D eigenvalue weighted by Gasteiger charge is -2.10. The monoisotopic (exact) mass is 379 g/mol. The lowest BCUT2D eigenvalue weighted by molar-refractivity contribution is 0.0458. The number of aryl methyl sites for hydroxylation is 1. The van der Waals surface area contributed by atoms with Crippen LogP contribution < -0.4 is 5.43 Å². The number of carbonyl (C=O) groups is 1. The first-order valence-corrected chi connectivity index (χ1v) is 8.44. The number of carbonyl (C=O) groups excluding carboxylic acids is 1. The molecule has 0 saturated carbocycles. The molecule has 0 fully saturated rings. The van der Waals surface area contributed by atoms with Gasteiger partial charge in [0.2, 0.25) is 11.1 Å². The van der Waals surface area contributed by atoms with Crippen molar-refractivity contribution in [3.63, 3.8) is 0 Å². The number of fused-ring (bicyclic) bond motifs is 2. The van der Waals surface area contributed by atoms with E-state index in [0.29, 0.717) is 10.7 Å². The van der Waals surface area contributed by atoms with Crippen molar-refractivity contribution in [3.8, 4) is 0 Å². The molecule has 0 saturated heterocycles. The maximum absolute atomic E-state index is 12.8. The molecule has 0 spiro atoms. The van der Waals surface area contributed by atoms with Crippen LogP contribution in [-0.2, 0) is 4.74 Å². The number of aromatic nitrogens is 1. The van der Waals surface area contributed by atoms with E-state index >= 15 is 0 Å². The molecular weight excluding hydrogens is 365 g/mol. The largest absolute Gasteiger partial charge is 0.462 e. The van der Waals surface area contributed by atoms with Gasteiger partial charge < -0.3 is 9.15 Å². The van der Waals surface area contributed by atoms with Crippen LogP contribution in [0.1, 0.15) is 29.9 Å². The van der Waals surface area contributed by atoms with Gasteiger partial charge in [-0.1, -0.05) is 37.0 Å². The van der Waals surface area contributed by atoms with Gasteiger partial charge in [-0.15, -0.1) is 0 Å². The molecule has 130 valence electrons. The van der Waals surface area contributed by atoms with Crippen LogP contribution in [0.2, 0.25) is 10.0 Å². The summed E-state index contributed by atoms with van der Waals surface area (Å²) in [4.78, 5) is 29.3. The van der Waals surface area contributed by atoms with Crippen LogP contribution in [0.4, 0.5) is 0 Å². The maximum atomic E-state index is 12.8. The third-order valence-electron chi connectivity index (χ3n) is 3.64. The number of ether oxygens (including phenoxy) is 1. The van der Waals surface area contributed by atoms with E-state index in [0.717, 1.165) is 0 Å². The highest BCUT2D eigenvalue weighted by atomic mass is 35.5. The van der Waals surface area contributed by atoms with Crippen molar-refractivity contribution >= 4 is 51.2 Å². The van der Waals surface area contributed by atoms with Crippen LogP contribution in [0.15, 0.2) is 27.4 Å². The normalized spacial score (nSPS) is 11.4. The van der Waals surface area contributed by atoms with Gasteiger partial charge in [0.25, 0.3) is 0 Å². The molecule has 0 N–H and O–H groups in total. The second-order valence-corrected chi connectivity index (χ2v) is 7.01. The molecule has 0 atom stereocenters. The minimum Gasteiger partial charge on any atom is -0.462 e. The SMILES string of the molecule is Cc1nc2oc3c(Cl)cc(Cl)cc3c(=O)c2cc1C(=O)OCC(C)C. The quantitative estimate of drug-likeness (QED) is 0.484. The zero-order chi connectivity index (χ0) is 18.3. The van der Waals surface area contributed by atoms with E-state index in [-0.39, 0.29) is 50.6 Å². The molecule has 0 aliphatic heterocycles. The van der Waals surface area contributed by atoms with Crippen LogP contribution in [0.25, 0.3) is 22.1 Å². The Hall–Kier alpha value is -2.11. The second kappa shape index (κ2) is 6.65. The molecule has 1 aromatic carbocycles. The smallest absolute Gasteiger partial charge is 0.340 e. The fourth-order valence-corrected chi connectivity index (χ4v) is 2.96. The van der Waals surface area contributed by atoms with E-state index in [1.807, 2.05) is 13.8 Å². The van der Waals surface area contributed by atoms with Crippen molar-refractivity contribution in [2.45, 2.75) is 20.8 Å². The summed E-state index contributed by atoms with van der Waals surface area (Å²) in [5, 5.41) is 0.951. The van der Waals surface area contributed by atoms with E-state index in [9.17, 15) is 9.59 Å². The second-order valence-electron chi connectivity index (χ2n) is 6.16. The zero-order valence-electron chi connectivity index (χ0n) is 13.9. The van der Waals surface area contributed by atoms with Gasteiger partial charge in [0.15, 0.2) is 5.58 Å². The maximum Gasteiger partial charge on any atom is 0.340 e. The molecular formula is C18H15Cl2NO4. The summed E-state index contributed by atoms with van der Waals surface area (Å²) in [6.07, 6.45) is 0. The van der Waals surface area contributed by atoms with Crippen LogP contribution >= 0.6 is 23.2 Å². The minimum atomic E-state index is -0.524. The molecule has 3 rings (SSSR count).